The molecule has 5 heteroatoms. The Labute approximate surface area is 195 Å². The summed E-state index contributed by atoms with van der Waals surface area (Å²) in [7, 11) is 0. The predicted octanol–water partition coefficient (Wildman–Crippen LogP) is 7.50. The van der Waals surface area contributed by atoms with E-state index >= 15 is 0 Å². The summed E-state index contributed by atoms with van der Waals surface area (Å²) in [5.41, 5.74) is 4.75. The molecule has 0 saturated heterocycles. The zero-order valence-corrected chi connectivity index (χ0v) is 20.9. The molecule has 0 bridgehead atoms. The van der Waals surface area contributed by atoms with Crippen molar-refractivity contribution >= 4 is 36.7 Å². The zero-order valence-electron chi connectivity index (χ0n) is 17.7. The van der Waals surface area contributed by atoms with Crippen molar-refractivity contribution in [3.8, 4) is 5.75 Å². The standard InChI is InChI=1S/C23H31NO.2ClH.Ti/c1-7-22(3,4)18-14-17(16-24-19-12-10-9-11-13-19)21(25)20(15-18)23(5,6)8-2;;;/h9-16,25H,7-8H2,1-6H3;2*1H;/q;;;+1/p-1. The molecular weight excluding hydrogens is 425 g/mol. The van der Waals surface area contributed by atoms with E-state index in [1.807, 2.05) is 36.5 Å². The molecule has 0 N–H and O–H groups in total. The Hall–Kier alpha value is -0.796. The summed E-state index contributed by atoms with van der Waals surface area (Å²) < 4.78 is 5.86. The van der Waals surface area contributed by atoms with Crippen molar-refractivity contribution in [2.45, 2.75) is 65.2 Å². The van der Waals surface area contributed by atoms with E-state index in [2.05, 4.69) is 58.7 Å². The third kappa shape index (κ3) is 6.35. The van der Waals surface area contributed by atoms with Gasteiger partial charge in [-0.2, -0.15) is 0 Å². The Kier molecular flexibility index (Phi) is 11.1. The van der Waals surface area contributed by atoms with Gasteiger partial charge in [0, 0.05) is 0 Å². The Balaban J connectivity index is 0.00000364. The fourth-order valence-corrected chi connectivity index (χ4v) is 3.16. The van der Waals surface area contributed by atoms with Gasteiger partial charge < -0.3 is 0 Å². The smallest absolute Gasteiger partial charge is 0.147 e. The summed E-state index contributed by atoms with van der Waals surface area (Å²) >= 11 is 1.76. The number of aliphatic imine (C=N–C) groups is 1. The van der Waals surface area contributed by atoms with Crippen molar-refractivity contribution < 1.29 is 24.1 Å². The quantitative estimate of drug-likeness (QED) is 0.312. The summed E-state index contributed by atoms with van der Waals surface area (Å²) in [6.45, 7) is 13.6. The molecule has 0 heterocycles. The van der Waals surface area contributed by atoms with Crippen LogP contribution in [-0.4, -0.2) is 6.21 Å². The first-order valence-electron chi connectivity index (χ1n) is 9.37. The van der Waals surface area contributed by atoms with Crippen LogP contribution in [0, 0.1) is 0 Å². The summed E-state index contributed by atoms with van der Waals surface area (Å²) in [5, 5.41) is 0. The maximum Gasteiger partial charge on any atom is -0.147 e. The van der Waals surface area contributed by atoms with E-state index in [1.54, 1.807) is 20.8 Å². The van der Waals surface area contributed by atoms with Crippen LogP contribution in [0.15, 0.2) is 47.5 Å². The van der Waals surface area contributed by atoms with Crippen LogP contribution in [0.4, 0.5) is 5.69 Å². The summed E-state index contributed by atoms with van der Waals surface area (Å²) in [6.07, 6.45) is 4.08. The Morgan fingerprint density at radius 1 is 0.929 bits per heavy atom. The van der Waals surface area contributed by atoms with Gasteiger partial charge in [-0.15, -0.1) is 24.8 Å². The van der Waals surface area contributed by atoms with Gasteiger partial charge in [-0.3, -0.25) is 0 Å². The normalized spacial score (nSPS) is 11.6. The molecule has 0 unspecified atom stereocenters. The second-order valence-corrected chi connectivity index (χ2v) is 8.43. The molecule has 2 rings (SSSR count). The number of rotatable bonds is 7. The number of nitrogens with zero attached hydrogens (tertiary/aromatic N) is 1. The molecule has 0 aliphatic heterocycles. The monoisotopic (exact) mass is 456 g/mol. The molecule has 0 aliphatic carbocycles. The molecule has 0 aromatic heterocycles. The number of benzene rings is 2. The molecule has 2 aromatic rings. The molecular formula is C23H32Cl2NOTi. The largest absolute Gasteiger partial charge is 0.147 e. The van der Waals surface area contributed by atoms with Gasteiger partial charge >= 0.3 is 171 Å². The van der Waals surface area contributed by atoms with Crippen molar-refractivity contribution in [1.82, 2.24) is 0 Å². The van der Waals surface area contributed by atoms with Crippen molar-refractivity contribution in [2.24, 2.45) is 4.99 Å². The van der Waals surface area contributed by atoms with Crippen molar-refractivity contribution in [3.63, 3.8) is 0 Å². The SMILES string of the molecule is CCC(C)(C)c1cc(C=Nc2ccccc2)c([O][Ti])c(C(C)(C)CC)c1.Cl.Cl. The fraction of sp³-hybridized carbons (Fsp3) is 0.435. The van der Waals surface area contributed by atoms with Gasteiger partial charge in [0.25, 0.3) is 0 Å². The van der Waals surface area contributed by atoms with E-state index < -0.39 is 0 Å². The Bertz CT molecular complexity index is 774. The first-order chi connectivity index (χ1) is 12.2. The van der Waals surface area contributed by atoms with Crippen molar-refractivity contribution in [1.29, 1.82) is 0 Å². The predicted molar refractivity (Wildman–Crippen MR) is 122 cm³/mol. The van der Waals surface area contributed by atoms with Crippen LogP contribution in [0.3, 0.4) is 0 Å². The first kappa shape index (κ1) is 27.2. The first-order valence-corrected chi connectivity index (χ1v) is 10.0. The van der Waals surface area contributed by atoms with Crippen LogP contribution in [0.25, 0.3) is 0 Å². The molecule has 0 atom stereocenters. The average molecular weight is 457 g/mol. The van der Waals surface area contributed by atoms with Crippen LogP contribution >= 0.6 is 24.8 Å². The van der Waals surface area contributed by atoms with E-state index in [0.717, 1.165) is 29.8 Å². The average Bonchev–Trinajstić information content (AvgIpc) is 2.66. The molecule has 28 heavy (non-hydrogen) atoms. The third-order valence-electron chi connectivity index (χ3n) is 5.61. The van der Waals surface area contributed by atoms with Crippen LogP contribution in [0.5, 0.6) is 5.75 Å². The minimum atomic E-state index is 0. The number of halogens is 2. The molecule has 0 aliphatic rings. The molecule has 0 radical (unpaired) electrons. The van der Waals surface area contributed by atoms with Crippen LogP contribution in [0.2, 0.25) is 0 Å². The van der Waals surface area contributed by atoms with Gasteiger partial charge in [0.15, 0.2) is 0 Å². The summed E-state index contributed by atoms with van der Waals surface area (Å²) in [4.78, 5) is 4.68. The number of hydrogen-bond acceptors (Lipinski definition) is 2. The molecule has 2 nitrogen and oxygen atoms in total. The Morgan fingerprint density at radius 3 is 2.00 bits per heavy atom. The number of hydrogen-bond donors (Lipinski definition) is 0. The van der Waals surface area contributed by atoms with Crippen LogP contribution in [-0.2, 0) is 31.7 Å². The zero-order chi connectivity index (χ0) is 19.4. The molecule has 153 valence electrons. The number of para-hydroxylation sites is 1. The van der Waals surface area contributed by atoms with E-state index in [4.69, 9.17) is 3.32 Å². The third-order valence-corrected chi connectivity index (χ3v) is 5.93. The maximum atomic E-state index is 5.86. The van der Waals surface area contributed by atoms with Gasteiger partial charge in [0.2, 0.25) is 0 Å². The van der Waals surface area contributed by atoms with Crippen LogP contribution in [0.1, 0.15) is 71.1 Å². The van der Waals surface area contributed by atoms with Gasteiger partial charge in [0.1, 0.15) is 0 Å². The van der Waals surface area contributed by atoms with E-state index in [0.29, 0.717) is 0 Å². The second kappa shape index (κ2) is 11.4. The van der Waals surface area contributed by atoms with Crippen molar-refractivity contribution in [2.75, 3.05) is 0 Å². The molecule has 2 aromatic carbocycles. The van der Waals surface area contributed by atoms with Gasteiger partial charge in [-0.25, -0.2) is 0 Å². The van der Waals surface area contributed by atoms with Gasteiger partial charge in [-0.1, -0.05) is 0 Å². The minimum absolute atomic E-state index is 0. The second-order valence-electron chi connectivity index (χ2n) is 8.11. The van der Waals surface area contributed by atoms with E-state index in [1.165, 1.54) is 11.1 Å². The topological polar surface area (TPSA) is 21.6 Å². The van der Waals surface area contributed by atoms with Gasteiger partial charge in [-0.05, 0) is 0 Å². The summed E-state index contributed by atoms with van der Waals surface area (Å²) in [6, 6.07) is 14.6. The van der Waals surface area contributed by atoms with E-state index in [9.17, 15) is 0 Å². The molecule has 0 spiro atoms. The maximum absolute atomic E-state index is 5.86. The molecule has 0 saturated carbocycles. The van der Waals surface area contributed by atoms with Gasteiger partial charge in [0.05, 0.1) is 0 Å². The fourth-order valence-electron chi connectivity index (χ4n) is 2.81. The summed E-state index contributed by atoms with van der Waals surface area (Å²) in [5.74, 6) is 0.937. The van der Waals surface area contributed by atoms with E-state index in [-0.39, 0.29) is 35.6 Å². The Morgan fingerprint density at radius 2 is 1.50 bits per heavy atom. The minimum Gasteiger partial charge on any atom is -0.147 e. The molecule has 0 fully saturated rings. The molecule has 0 amide bonds. The van der Waals surface area contributed by atoms with Crippen molar-refractivity contribution in [3.05, 3.63) is 59.2 Å². The van der Waals surface area contributed by atoms with Crippen LogP contribution < -0.4 is 3.32 Å².